The van der Waals surface area contributed by atoms with Crippen LogP contribution >= 0.6 is 0 Å². The summed E-state index contributed by atoms with van der Waals surface area (Å²) in [7, 11) is 0. The van der Waals surface area contributed by atoms with Crippen LogP contribution in [0.3, 0.4) is 0 Å². The molecule has 5 atom stereocenters. The molecule has 3 rings (SSSR count). The van der Waals surface area contributed by atoms with E-state index in [4.69, 9.17) is 0 Å². The molecule has 0 aromatic rings. The van der Waals surface area contributed by atoms with E-state index in [1.165, 1.54) is 25.7 Å². The van der Waals surface area contributed by atoms with Crippen LogP contribution in [0.25, 0.3) is 0 Å². The highest BCUT2D eigenvalue weighted by Gasteiger charge is 2.61. The lowest BCUT2D eigenvalue weighted by molar-refractivity contribution is 0.106. The third kappa shape index (κ3) is 1.20. The summed E-state index contributed by atoms with van der Waals surface area (Å²) in [6, 6.07) is 0. The van der Waals surface area contributed by atoms with Gasteiger partial charge in [-0.1, -0.05) is 34.1 Å². The Labute approximate surface area is 94.8 Å². The first kappa shape index (κ1) is 10.2. The summed E-state index contributed by atoms with van der Waals surface area (Å²) >= 11 is 0. The smallest absolute Gasteiger partial charge is 0.0275 e. The summed E-state index contributed by atoms with van der Waals surface area (Å²) < 4.78 is 0. The average molecular weight is 206 g/mol. The minimum absolute atomic E-state index is 0.632. The maximum Gasteiger partial charge on any atom is -0.0275 e. The van der Waals surface area contributed by atoms with Crippen molar-refractivity contribution >= 4 is 0 Å². The third-order valence-corrected chi connectivity index (χ3v) is 6.24. The minimum atomic E-state index is 0.632. The van der Waals surface area contributed by atoms with Crippen molar-refractivity contribution in [3.05, 3.63) is 0 Å². The molecular weight excluding hydrogens is 180 g/mol. The molecule has 0 aliphatic heterocycles. The van der Waals surface area contributed by atoms with Crippen LogP contribution in [0.4, 0.5) is 0 Å². The van der Waals surface area contributed by atoms with E-state index in [2.05, 4.69) is 27.7 Å². The maximum absolute atomic E-state index is 2.59. The molecule has 15 heavy (non-hydrogen) atoms. The van der Waals surface area contributed by atoms with Gasteiger partial charge in [0, 0.05) is 0 Å². The van der Waals surface area contributed by atoms with Gasteiger partial charge in [0.1, 0.15) is 0 Å². The van der Waals surface area contributed by atoms with Crippen LogP contribution < -0.4 is 0 Å². The second-order valence-corrected chi connectivity index (χ2v) is 7.72. The van der Waals surface area contributed by atoms with E-state index in [0.717, 1.165) is 23.7 Å². The van der Waals surface area contributed by atoms with Crippen molar-refractivity contribution in [2.24, 2.45) is 34.5 Å². The number of hydrogen-bond donors (Lipinski definition) is 0. The Kier molecular flexibility index (Phi) is 1.91. The normalized spacial score (nSPS) is 56.8. The van der Waals surface area contributed by atoms with Gasteiger partial charge >= 0.3 is 0 Å². The van der Waals surface area contributed by atoms with Gasteiger partial charge in [-0.25, -0.2) is 0 Å². The van der Waals surface area contributed by atoms with Crippen LogP contribution in [-0.4, -0.2) is 0 Å². The molecular formula is C15H26. The van der Waals surface area contributed by atoms with E-state index in [1.54, 1.807) is 6.42 Å². The van der Waals surface area contributed by atoms with Crippen molar-refractivity contribution in [2.45, 2.75) is 59.8 Å². The van der Waals surface area contributed by atoms with Gasteiger partial charge in [-0.2, -0.15) is 0 Å². The summed E-state index contributed by atoms with van der Waals surface area (Å²) in [6.07, 6.45) is 7.58. The topological polar surface area (TPSA) is 0 Å². The minimum Gasteiger partial charge on any atom is -0.0622 e. The quantitative estimate of drug-likeness (QED) is 0.547. The molecule has 3 aliphatic rings. The Morgan fingerprint density at radius 2 is 1.73 bits per heavy atom. The van der Waals surface area contributed by atoms with Gasteiger partial charge in [0.2, 0.25) is 0 Å². The van der Waals surface area contributed by atoms with Gasteiger partial charge in [-0.05, 0) is 60.2 Å². The molecule has 0 bridgehead atoms. The summed E-state index contributed by atoms with van der Waals surface area (Å²) in [6.45, 7) is 10.2. The molecule has 3 fully saturated rings. The highest BCUT2D eigenvalue weighted by atomic mass is 14.7. The maximum atomic E-state index is 2.59. The zero-order chi connectivity index (χ0) is 10.8. The Bertz CT molecular complexity index is 278. The summed E-state index contributed by atoms with van der Waals surface area (Å²) in [4.78, 5) is 0. The molecule has 3 saturated carbocycles. The zero-order valence-electron chi connectivity index (χ0n) is 10.8. The van der Waals surface area contributed by atoms with E-state index >= 15 is 0 Å². The molecule has 3 aliphatic carbocycles. The van der Waals surface area contributed by atoms with Crippen LogP contribution in [0.2, 0.25) is 0 Å². The Morgan fingerprint density at radius 3 is 2.47 bits per heavy atom. The molecule has 0 spiro atoms. The molecule has 0 N–H and O–H groups in total. The molecule has 0 amide bonds. The SMILES string of the molecule is CC1CCC2CC3(C)CCC(C)(C)C3C12. The first-order valence-electron chi connectivity index (χ1n) is 6.94. The predicted octanol–water partition coefficient (Wildman–Crippen LogP) is 4.49. The van der Waals surface area contributed by atoms with E-state index < -0.39 is 0 Å². The third-order valence-electron chi connectivity index (χ3n) is 6.24. The Balaban J connectivity index is 1.99. The number of fused-ring (bicyclic) bond motifs is 3. The standard InChI is InChI=1S/C15H26/c1-10-5-6-11-9-15(4)8-7-14(2,3)13(15)12(10)11/h10-13H,5-9H2,1-4H3. The lowest BCUT2D eigenvalue weighted by Gasteiger charge is -2.37. The number of rotatable bonds is 0. The van der Waals surface area contributed by atoms with Crippen LogP contribution in [0.5, 0.6) is 0 Å². The second-order valence-electron chi connectivity index (χ2n) is 7.72. The largest absolute Gasteiger partial charge is 0.0622 e. The zero-order valence-corrected chi connectivity index (χ0v) is 10.8. The molecule has 0 radical (unpaired) electrons. The molecule has 5 unspecified atom stereocenters. The van der Waals surface area contributed by atoms with Crippen molar-refractivity contribution in [1.82, 2.24) is 0 Å². The van der Waals surface area contributed by atoms with Gasteiger partial charge in [0.05, 0.1) is 0 Å². The van der Waals surface area contributed by atoms with Crippen molar-refractivity contribution < 1.29 is 0 Å². The van der Waals surface area contributed by atoms with Gasteiger partial charge in [-0.15, -0.1) is 0 Å². The van der Waals surface area contributed by atoms with Crippen molar-refractivity contribution in [3.8, 4) is 0 Å². The summed E-state index contributed by atoms with van der Waals surface area (Å²) in [5.74, 6) is 4.22. The number of hydrogen-bond acceptors (Lipinski definition) is 0. The molecule has 0 heterocycles. The fourth-order valence-corrected chi connectivity index (χ4v) is 5.84. The highest BCUT2D eigenvalue weighted by Crippen LogP contribution is 2.69. The van der Waals surface area contributed by atoms with Crippen LogP contribution in [0.15, 0.2) is 0 Å². The fourth-order valence-electron chi connectivity index (χ4n) is 5.84. The molecule has 0 nitrogen and oxygen atoms in total. The lowest BCUT2D eigenvalue weighted by atomic mass is 9.67. The van der Waals surface area contributed by atoms with E-state index in [-0.39, 0.29) is 0 Å². The van der Waals surface area contributed by atoms with Crippen molar-refractivity contribution in [3.63, 3.8) is 0 Å². The van der Waals surface area contributed by atoms with E-state index in [1.807, 2.05) is 0 Å². The molecule has 0 aromatic carbocycles. The predicted molar refractivity (Wildman–Crippen MR) is 64.6 cm³/mol. The molecule has 86 valence electrons. The lowest BCUT2D eigenvalue weighted by Crippen LogP contribution is -2.32. The summed E-state index contributed by atoms with van der Waals surface area (Å²) in [5, 5.41) is 0. The molecule has 0 heteroatoms. The van der Waals surface area contributed by atoms with E-state index in [9.17, 15) is 0 Å². The van der Waals surface area contributed by atoms with Gasteiger partial charge in [0.15, 0.2) is 0 Å². The fraction of sp³-hybridized carbons (Fsp3) is 1.00. The van der Waals surface area contributed by atoms with Crippen LogP contribution in [0, 0.1) is 34.5 Å². The average Bonchev–Trinajstić information content (AvgIpc) is 2.67. The summed E-state index contributed by atoms with van der Waals surface area (Å²) in [5.41, 5.74) is 1.35. The van der Waals surface area contributed by atoms with Crippen molar-refractivity contribution in [2.75, 3.05) is 0 Å². The monoisotopic (exact) mass is 206 g/mol. The first-order valence-corrected chi connectivity index (χ1v) is 6.94. The van der Waals surface area contributed by atoms with E-state index in [0.29, 0.717) is 10.8 Å². The van der Waals surface area contributed by atoms with Gasteiger partial charge in [0.25, 0.3) is 0 Å². The van der Waals surface area contributed by atoms with Gasteiger partial charge < -0.3 is 0 Å². The van der Waals surface area contributed by atoms with Crippen molar-refractivity contribution in [1.29, 1.82) is 0 Å². The Hall–Kier alpha value is 0. The van der Waals surface area contributed by atoms with Crippen LogP contribution in [-0.2, 0) is 0 Å². The molecule has 0 saturated heterocycles. The van der Waals surface area contributed by atoms with Crippen LogP contribution in [0.1, 0.15) is 59.8 Å². The van der Waals surface area contributed by atoms with Gasteiger partial charge in [-0.3, -0.25) is 0 Å². The second kappa shape index (κ2) is 2.81. The molecule has 0 aromatic heterocycles. The highest BCUT2D eigenvalue weighted by molar-refractivity contribution is 5.10. The first-order chi connectivity index (χ1) is 6.94. The Morgan fingerprint density at radius 1 is 1.00 bits per heavy atom.